The molecule has 1 aromatic rings. The molecule has 1 saturated heterocycles. The molecule has 1 saturated carbocycles. The van der Waals surface area contributed by atoms with Crippen molar-refractivity contribution in [3.63, 3.8) is 0 Å². The van der Waals surface area contributed by atoms with Crippen molar-refractivity contribution in [3.8, 4) is 5.88 Å². The molecule has 0 bridgehead atoms. The number of hydrogen-bond donors (Lipinski definition) is 1. The van der Waals surface area contributed by atoms with Crippen molar-refractivity contribution in [2.24, 2.45) is 10.9 Å². The van der Waals surface area contributed by atoms with E-state index in [1.54, 1.807) is 7.11 Å². The van der Waals surface area contributed by atoms with Crippen LogP contribution in [0, 0.1) is 5.92 Å². The number of nitrogens with one attached hydrogen (secondary N) is 1. The molecule has 0 radical (unpaired) electrons. The summed E-state index contributed by atoms with van der Waals surface area (Å²) in [4.78, 5) is 11.1. The molecule has 1 atom stereocenters. The first-order valence-electron chi connectivity index (χ1n) is 10.4. The van der Waals surface area contributed by atoms with Gasteiger partial charge in [-0.15, -0.1) is 0 Å². The lowest BCUT2D eigenvalue weighted by Gasteiger charge is -2.22. The number of nitrogens with zero attached hydrogens (tertiary/aromatic N) is 3. The Hall–Kier alpha value is -1.86. The number of hydrogen-bond acceptors (Lipinski definition) is 5. The molecule has 1 aliphatic heterocycles. The van der Waals surface area contributed by atoms with Crippen LogP contribution in [0.15, 0.2) is 23.3 Å². The van der Waals surface area contributed by atoms with Crippen LogP contribution in [0.5, 0.6) is 5.88 Å². The SMILES string of the molecule is CN=C(NCc1ccnc(OC2CCCC2)c1)N1CCC(COCCOC)C1. The van der Waals surface area contributed by atoms with Gasteiger partial charge in [0.1, 0.15) is 6.10 Å². The predicted octanol–water partition coefficient (Wildman–Crippen LogP) is 2.46. The maximum absolute atomic E-state index is 6.02. The highest BCUT2D eigenvalue weighted by Gasteiger charge is 2.25. The molecule has 1 aromatic heterocycles. The van der Waals surface area contributed by atoms with Crippen LogP contribution in [0.4, 0.5) is 0 Å². The van der Waals surface area contributed by atoms with Gasteiger partial charge in [-0.2, -0.15) is 0 Å². The molecule has 2 fully saturated rings. The summed E-state index contributed by atoms with van der Waals surface area (Å²) in [6, 6.07) is 4.06. The zero-order valence-corrected chi connectivity index (χ0v) is 17.2. The second-order valence-corrected chi connectivity index (χ2v) is 7.60. The lowest BCUT2D eigenvalue weighted by atomic mass is 10.1. The Morgan fingerprint density at radius 1 is 1.29 bits per heavy atom. The normalized spacial score (nSPS) is 20.7. The molecule has 2 heterocycles. The van der Waals surface area contributed by atoms with Crippen LogP contribution < -0.4 is 10.1 Å². The Morgan fingerprint density at radius 3 is 2.93 bits per heavy atom. The van der Waals surface area contributed by atoms with E-state index in [9.17, 15) is 0 Å². The summed E-state index contributed by atoms with van der Waals surface area (Å²) in [5.41, 5.74) is 1.16. The predicted molar refractivity (Wildman–Crippen MR) is 110 cm³/mol. The molecule has 7 nitrogen and oxygen atoms in total. The van der Waals surface area contributed by atoms with E-state index in [2.05, 4.69) is 20.2 Å². The number of rotatable bonds is 9. The van der Waals surface area contributed by atoms with Crippen LogP contribution in [0.3, 0.4) is 0 Å². The standard InChI is InChI=1S/C21H34N4O3/c1-22-21(25-10-8-18(15-25)16-27-12-11-26-2)24-14-17-7-9-23-20(13-17)28-19-5-3-4-6-19/h7,9,13,18-19H,3-6,8,10-12,14-16H2,1-2H3,(H,22,24). The number of guanidine groups is 1. The maximum atomic E-state index is 6.02. The summed E-state index contributed by atoms with van der Waals surface area (Å²) in [6.07, 6.45) is 8.09. The molecule has 0 spiro atoms. The number of methoxy groups -OCH3 is 1. The van der Waals surface area contributed by atoms with Gasteiger partial charge in [0.25, 0.3) is 0 Å². The topological polar surface area (TPSA) is 68.2 Å². The first-order chi connectivity index (χ1) is 13.8. The Balaban J connectivity index is 1.44. The van der Waals surface area contributed by atoms with Gasteiger partial charge >= 0.3 is 0 Å². The van der Waals surface area contributed by atoms with Crippen molar-refractivity contribution in [1.82, 2.24) is 15.2 Å². The van der Waals surface area contributed by atoms with Crippen LogP contribution in [-0.2, 0) is 16.0 Å². The minimum atomic E-state index is 0.330. The van der Waals surface area contributed by atoms with Crippen molar-refractivity contribution in [3.05, 3.63) is 23.9 Å². The van der Waals surface area contributed by atoms with E-state index >= 15 is 0 Å². The minimum absolute atomic E-state index is 0.330. The van der Waals surface area contributed by atoms with Crippen LogP contribution in [0.1, 0.15) is 37.7 Å². The molecule has 7 heteroatoms. The monoisotopic (exact) mass is 390 g/mol. The molecule has 0 amide bonds. The van der Waals surface area contributed by atoms with Crippen molar-refractivity contribution < 1.29 is 14.2 Å². The van der Waals surface area contributed by atoms with E-state index < -0.39 is 0 Å². The summed E-state index contributed by atoms with van der Waals surface area (Å²) in [5, 5.41) is 3.48. The fraction of sp³-hybridized carbons (Fsp3) is 0.714. The van der Waals surface area contributed by atoms with Crippen molar-refractivity contribution >= 4 is 5.96 Å². The molecule has 28 heavy (non-hydrogen) atoms. The highest BCUT2D eigenvalue weighted by molar-refractivity contribution is 5.80. The van der Waals surface area contributed by atoms with E-state index in [0.717, 1.165) is 56.4 Å². The summed E-state index contributed by atoms with van der Waals surface area (Å²) < 4.78 is 16.7. The first kappa shape index (κ1) is 20.9. The molecule has 156 valence electrons. The number of likely N-dealkylation sites (tertiary alicyclic amines) is 1. The smallest absolute Gasteiger partial charge is 0.213 e. The quantitative estimate of drug-likeness (QED) is 0.397. The van der Waals surface area contributed by atoms with E-state index in [1.807, 2.05) is 25.4 Å². The number of aliphatic imine (C=N–C) groups is 1. The maximum Gasteiger partial charge on any atom is 0.213 e. The van der Waals surface area contributed by atoms with E-state index in [1.165, 1.54) is 12.8 Å². The number of pyridine rings is 1. The van der Waals surface area contributed by atoms with E-state index in [-0.39, 0.29) is 0 Å². The second kappa shape index (κ2) is 11.2. The molecular formula is C21H34N4O3. The Kier molecular flexibility index (Phi) is 8.36. The van der Waals surface area contributed by atoms with Crippen molar-refractivity contribution in [2.75, 3.05) is 47.1 Å². The summed E-state index contributed by atoms with van der Waals surface area (Å²) >= 11 is 0. The third-order valence-corrected chi connectivity index (χ3v) is 5.42. The molecule has 1 N–H and O–H groups in total. The summed E-state index contributed by atoms with van der Waals surface area (Å²) in [7, 11) is 3.54. The fourth-order valence-corrected chi connectivity index (χ4v) is 3.87. The molecule has 1 aliphatic carbocycles. The van der Waals surface area contributed by atoms with Crippen molar-refractivity contribution in [2.45, 2.75) is 44.8 Å². The molecule has 2 aliphatic rings. The minimum Gasteiger partial charge on any atom is -0.474 e. The van der Waals surface area contributed by atoms with Gasteiger partial charge in [-0.1, -0.05) is 0 Å². The summed E-state index contributed by atoms with van der Waals surface area (Å²) in [6.45, 7) is 4.78. The summed E-state index contributed by atoms with van der Waals surface area (Å²) in [5.74, 6) is 2.22. The number of aromatic nitrogens is 1. The highest BCUT2D eigenvalue weighted by Crippen LogP contribution is 2.23. The largest absolute Gasteiger partial charge is 0.474 e. The van der Waals surface area contributed by atoms with Crippen LogP contribution in [0.2, 0.25) is 0 Å². The fourth-order valence-electron chi connectivity index (χ4n) is 3.87. The Morgan fingerprint density at radius 2 is 2.14 bits per heavy atom. The zero-order valence-electron chi connectivity index (χ0n) is 17.2. The molecule has 1 unspecified atom stereocenters. The van der Waals surface area contributed by atoms with E-state index in [4.69, 9.17) is 14.2 Å². The Bertz CT molecular complexity index is 619. The lowest BCUT2D eigenvalue weighted by Crippen LogP contribution is -2.39. The van der Waals surface area contributed by atoms with Gasteiger partial charge in [-0.25, -0.2) is 4.98 Å². The van der Waals surface area contributed by atoms with Gasteiger partial charge in [0.15, 0.2) is 5.96 Å². The highest BCUT2D eigenvalue weighted by atomic mass is 16.5. The van der Waals surface area contributed by atoms with Crippen LogP contribution >= 0.6 is 0 Å². The van der Waals surface area contributed by atoms with Crippen LogP contribution in [0.25, 0.3) is 0 Å². The van der Waals surface area contributed by atoms with Gasteiger partial charge in [0.05, 0.1) is 19.8 Å². The second-order valence-electron chi connectivity index (χ2n) is 7.60. The van der Waals surface area contributed by atoms with Gasteiger partial charge < -0.3 is 24.4 Å². The Labute approximate surface area is 168 Å². The third-order valence-electron chi connectivity index (χ3n) is 5.42. The van der Waals surface area contributed by atoms with Gasteiger partial charge in [-0.05, 0) is 43.7 Å². The van der Waals surface area contributed by atoms with Gasteiger partial charge in [0.2, 0.25) is 5.88 Å². The lowest BCUT2D eigenvalue weighted by molar-refractivity contribution is 0.0536. The first-order valence-corrected chi connectivity index (χ1v) is 10.4. The van der Waals surface area contributed by atoms with Crippen LogP contribution in [-0.4, -0.2) is 69.0 Å². The average molecular weight is 391 g/mol. The van der Waals surface area contributed by atoms with Crippen molar-refractivity contribution in [1.29, 1.82) is 0 Å². The van der Waals surface area contributed by atoms with E-state index in [0.29, 0.717) is 31.8 Å². The van der Waals surface area contributed by atoms with Gasteiger partial charge in [-0.3, -0.25) is 4.99 Å². The van der Waals surface area contributed by atoms with Gasteiger partial charge in [0, 0.05) is 52.0 Å². The number of ether oxygens (including phenoxy) is 3. The third kappa shape index (κ3) is 6.34. The molecule has 3 rings (SSSR count). The molecule has 0 aromatic carbocycles. The average Bonchev–Trinajstić information content (AvgIpc) is 3.39. The zero-order chi connectivity index (χ0) is 19.6. The molecular weight excluding hydrogens is 356 g/mol.